The molecule has 0 bridgehead atoms. The van der Waals surface area contributed by atoms with E-state index in [4.69, 9.17) is 4.52 Å². The summed E-state index contributed by atoms with van der Waals surface area (Å²) in [5, 5.41) is 15.9. The molecule has 1 amide bonds. The van der Waals surface area contributed by atoms with Gasteiger partial charge in [-0.2, -0.15) is 0 Å². The summed E-state index contributed by atoms with van der Waals surface area (Å²) in [6.07, 6.45) is 3.08. The van der Waals surface area contributed by atoms with Gasteiger partial charge in [0.25, 0.3) is 0 Å². The van der Waals surface area contributed by atoms with E-state index < -0.39 is 0 Å². The average molecular weight is 395 g/mol. The Kier molecular flexibility index (Phi) is 7.85. The zero-order valence-corrected chi connectivity index (χ0v) is 17.8. The van der Waals surface area contributed by atoms with E-state index in [1.807, 2.05) is 6.92 Å². The lowest BCUT2D eigenvalue weighted by Gasteiger charge is -2.23. The number of nitrogens with zero attached hydrogens (tertiary/aromatic N) is 5. The van der Waals surface area contributed by atoms with Gasteiger partial charge in [-0.05, 0) is 40.8 Å². The third-order valence-corrected chi connectivity index (χ3v) is 5.40. The van der Waals surface area contributed by atoms with E-state index >= 15 is 0 Å². The van der Waals surface area contributed by atoms with Crippen LogP contribution < -0.4 is 5.32 Å². The molecule has 2 aromatic heterocycles. The second-order valence-electron chi connectivity index (χ2n) is 6.81. The molecule has 1 N–H and O–H groups in total. The molecule has 9 heteroatoms. The molecule has 0 aliphatic rings. The van der Waals surface area contributed by atoms with Crippen molar-refractivity contribution in [3.63, 3.8) is 0 Å². The SMILES string of the molecule is CCCCn1c(SC(C)C(=O)Nc2cc(C)on2)nnc1C(CC)N(C)C. The van der Waals surface area contributed by atoms with Gasteiger partial charge >= 0.3 is 0 Å². The van der Waals surface area contributed by atoms with E-state index in [1.165, 1.54) is 11.8 Å². The highest BCUT2D eigenvalue weighted by molar-refractivity contribution is 8.00. The molecule has 0 aromatic carbocycles. The third-order valence-electron chi connectivity index (χ3n) is 4.32. The van der Waals surface area contributed by atoms with Crippen LogP contribution in [0.4, 0.5) is 5.82 Å². The van der Waals surface area contributed by atoms with E-state index in [9.17, 15) is 4.79 Å². The van der Waals surface area contributed by atoms with Gasteiger partial charge in [-0.15, -0.1) is 10.2 Å². The second-order valence-corrected chi connectivity index (χ2v) is 8.11. The Morgan fingerprint density at radius 1 is 1.37 bits per heavy atom. The van der Waals surface area contributed by atoms with E-state index in [0.29, 0.717) is 11.6 Å². The van der Waals surface area contributed by atoms with Crippen LogP contribution in [0.2, 0.25) is 0 Å². The molecule has 2 aromatic rings. The topological polar surface area (TPSA) is 89.1 Å². The fourth-order valence-corrected chi connectivity index (χ4v) is 3.69. The first kappa shape index (κ1) is 21.4. The molecule has 8 nitrogen and oxygen atoms in total. The van der Waals surface area contributed by atoms with Crippen LogP contribution in [0.25, 0.3) is 0 Å². The molecular weight excluding hydrogens is 364 g/mol. The van der Waals surface area contributed by atoms with Crippen LogP contribution >= 0.6 is 11.8 Å². The summed E-state index contributed by atoms with van der Waals surface area (Å²) in [6, 6.07) is 1.89. The molecule has 0 aliphatic heterocycles. The number of aromatic nitrogens is 4. The van der Waals surface area contributed by atoms with Crippen molar-refractivity contribution in [1.29, 1.82) is 0 Å². The summed E-state index contributed by atoms with van der Waals surface area (Å²) in [5.74, 6) is 1.90. The molecular formula is C18H30N6O2S. The first-order valence-electron chi connectivity index (χ1n) is 9.37. The normalized spacial score (nSPS) is 13.7. The number of carbonyl (C=O) groups is 1. The van der Waals surface area contributed by atoms with Crippen molar-refractivity contribution in [3.05, 3.63) is 17.7 Å². The largest absolute Gasteiger partial charge is 0.360 e. The first-order chi connectivity index (χ1) is 12.9. The summed E-state index contributed by atoms with van der Waals surface area (Å²) >= 11 is 1.42. The number of carbonyl (C=O) groups excluding carboxylic acids is 1. The molecule has 0 saturated heterocycles. The number of aryl methyl sites for hydroxylation is 1. The van der Waals surface area contributed by atoms with Gasteiger partial charge < -0.3 is 14.4 Å². The van der Waals surface area contributed by atoms with Crippen molar-refractivity contribution >= 4 is 23.5 Å². The molecule has 0 aliphatic carbocycles. The van der Waals surface area contributed by atoms with Gasteiger partial charge in [0.15, 0.2) is 16.8 Å². The molecule has 0 radical (unpaired) electrons. The minimum atomic E-state index is -0.334. The number of hydrogen-bond donors (Lipinski definition) is 1. The van der Waals surface area contributed by atoms with E-state index in [-0.39, 0.29) is 17.2 Å². The number of rotatable bonds is 10. The smallest absolute Gasteiger partial charge is 0.238 e. The lowest BCUT2D eigenvalue weighted by atomic mass is 10.2. The molecule has 2 atom stereocenters. The van der Waals surface area contributed by atoms with Gasteiger partial charge in [-0.3, -0.25) is 9.69 Å². The quantitative estimate of drug-likeness (QED) is 0.617. The maximum atomic E-state index is 12.5. The van der Waals surface area contributed by atoms with Crippen LogP contribution in [0.1, 0.15) is 57.7 Å². The zero-order valence-electron chi connectivity index (χ0n) is 17.0. The van der Waals surface area contributed by atoms with Crippen LogP contribution in [-0.4, -0.2) is 50.1 Å². The van der Waals surface area contributed by atoms with Gasteiger partial charge in [0, 0.05) is 12.6 Å². The Morgan fingerprint density at radius 3 is 2.67 bits per heavy atom. The summed E-state index contributed by atoms with van der Waals surface area (Å²) in [6.45, 7) is 8.80. The van der Waals surface area contributed by atoms with Gasteiger partial charge in [0.05, 0.1) is 11.3 Å². The molecule has 150 valence electrons. The molecule has 2 heterocycles. The highest BCUT2D eigenvalue weighted by Crippen LogP contribution is 2.28. The lowest BCUT2D eigenvalue weighted by molar-refractivity contribution is -0.115. The van der Waals surface area contributed by atoms with Crippen LogP contribution in [0.3, 0.4) is 0 Å². The Morgan fingerprint density at radius 2 is 2.11 bits per heavy atom. The maximum Gasteiger partial charge on any atom is 0.238 e. The maximum absolute atomic E-state index is 12.5. The fraction of sp³-hybridized carbons (Fsp3) is 0.667. The highest BCUT2D eigenvalue weighted by Gasteiger charge is 2.25. The summed E-state index contributed by atoms with van der Waals surface area (Å²) in [7, 11) is 4.10. The van der Waals surface area contributed by atoms with Gasteiger partial charge in [0.2, 0.25) is 5.91 Å². The number of nitrogens with one attached hydrogen (secondary N) is 1. The van der Waals surface area contributed by atoms with Crippen molar-refractivity contribution in [3.8, 4) is 0 Å². The number of amides is 1. The predicted molar refractivity (Wildman–Crippen MR) is 107 cm³/mol. The summed E-state index contributed by atoms with van der Waals surface area (Å²) in [4.78, 5) is 14.6. The molecule has 2 rings (SSSR count). The fourth-order valence-electron chi connectivity index (χ4n) is 2.80. The van der Waals surface area contributed by atoms with E-state index in [1.54, 1.807) is 13.0 Å². The van der Waals surface area contributed by atoms with Crippen LogP contribution in [-0.2, 0) is 11.3 Å². The van der Waals surface area contributed by atoms with Crippen molar-refractivity contribution in [2.45, 2.75) is 70.0 Å². The van der Waals surface area contributed by atoms with E-state index in [2.05, 4.69) is 58.1 Å². The molecule has 0 fully saturated rings. The first-order valence-corrected chi connectivity index (χ1v) is 10.3. The molecule has 0 saturated carbocycles. The number of thioether (sulfide) groups is 1. The second kappa shape index (κ2) is 9.89. The van der Waals surface area contributed by atoms with Gasteiger partial charge in [-0.25, -0.2) is 0 Å². The predicted octanol–water partition coefficient (Wildman–Crippen LogP) is 3.51. The number of unbranched alkanes of at least 4 members (excludes halogenated alkanes) is 1. The van der Waals surface area contributed by atoms with Crippen LogP contribution in [0, 0.1) is 6.92 Å². The Labute approximate surface area is 165 Å². The van der Waals surface area contributed by atoms with Gasteiger partial charge in [-0.1, -0.05) is 37.2 Å². The third kappa shape index (κ3) is 5.55. The number of anilines is 1. The highest BCUT2D eigenvalue weighted by atomic mass is 32.2. The lowest BCUT2D eigenvalue weighted by Crippen LogP contribution is -2.24. The molecule has 0 spiro atoms. The standard InChI is InChI=1S/C18H30N6O2S/c1-7-9-10-24-16(14(8-2)23(5)6)20-21-18(24)27-13(4)17(25)19-15-11-12(3)26-22-15/h11,13-14H,7-10H2,1-6H3,(H,19,22,25). The number of hydrogen-bond acceptors (Lipinski definition) is 7. The van der Waals surface area contributed by atoms with E-state index in [0.717, 1.165) is 36.8 Å². The Bertz CT molecular complexity index is 742. The molecule has 2 unspecified atom stereocenters. The van der Waals surface area contributed by atoms with Crippen molar-refractivity contribution in [1.82, 2.24) is 24.8 Å². The van der Waals surface area contributed by atoms with Gasteiger partial charge in [0.1, 0.15) is 5.76 Å². The van der Waals surface area contributed by atoms with Crippen LogP contribution in [0.5, 0.6) is 0 Å². The Balaban J connectivity index is 2.16. The average Bonchev–Trinajstić information content (AvgIpc) is 3.20. The minimum absolute atomic E-state index is 0.139. The van der Waals surface area contributed by atoms with Crippen molar-refractivity contribution in [2.24, 2.45) is 0 Å². The van der Waals surface area contributed by atoms with Crippen molar-refractivity contribution in [2.75, 3.05) is 19.4 Å². The summed E-state index contributed by atoms with van der Waals surface area (Å²) < 4.78 is 7.15. The summed E-state index contributed by atoms with van der Waals surface area (Å²) in [5.41, 5.74) is 0. The monoisotopic (exact) mass is 394 g/mol. The molecule has 27 heavy (non-hydrogen) atoms. The zero-order chi connectivity index (χ0) is 20.0. The van der Waals surface area contributed by atoms with Crippen molar-refractivity contribution < 1.29 is 9.32 Å². The Hall–Kier alpha value is -1.87. The van der Waals surface area contributed by atoms with Crippen LogP contribution in [0.15, 0.2) is 15.7 Å². The minimum Gasteiger partial charge on any atom is -0.360 e.